The van der Waals surface area contributed by atoms with E-state index in [0.29, 0.717) is 23.0 Å². The number of ether oxygens (including phenoxy) is 1. The number of thiophene rings is 1. The van der Waals surface area contributed by atoms with Gasteiger partial charge in [-0.2, -0.15) is 0 Å². The van der Waals surface area contributed by atoms with Crippen LogP contribution < -0.4 is 4.90 Å². The van der Waals surface area contributed by atoms with E-state index in [9.17, 15) is 15.2 Å². The van der Waals surface area contributed by atoms with Gasteiger partial charge in [-0.15, -0.1) is 11.3 Å². The number of aliphatic hydroxyl groups is 1. The summed E-state index contributed by atoms with van der Waals surface area (Å²) in [6.07, 6.45) is 2.21. The summed E-state index contributed by atoms with van der Waals surface area (Å²) in [7, 11) is 1.66. The molecule has 0 saturated heterocycles. The van der Waals surface area contributed by atoms with Crippen molar-refractivity contribution in [2.24, 2.45) is 0 Å². The lowest BCUT2D eigenvalue weighted by Crippen LogP contribution is -2.29. The zero-order valence-electron chi connectivity index (χ0n) is 11.5. The zero-order chi connectivity index (χ0) is 14.7. The van der Waals surface area contributed by atoms with E-state index in [1.54, 1.807) is 14.0 Å². The standard InChI is InChI=1S/C13H18N2O4S/c1-9(16)12-7-11(15(17)18)13(20-12)14-5-3-10(4-6-14)8-19-2/h3,7,9,16H,4-6,8H2,1-2H3/t9-/m0/s1. The number of hydrogen-bond acceptors (Lipinski definition) is 6. The maximum Gasteiger partial charge on any atom is 0.304 e. The van der Waals surface area contributed by atoms with E-state index >= 15 is 0 Å². The molecule has 0 aromatic carbocycles. The first-order chi connectivity index (χ1) is 9.52. The molecule has 1 N–H and O–H groups in total. The molecular weight excluding hydrogens is 280 g/mol. The predicted octanol–water partition coefficient (Wildman–Crippen LogP) is 2.49. The van der Waals surface area contributed by atoms with Crippen LogP contribution in [0.3, 0.4) is 0 Å². The highest BCUT2D eigenvalue weighted by Crippen LogP contribution is 2.40. The molecule has 0 unspecified atom stereocenters. The van der Waals surface area contributed by atoms with Gasteiger partial charge in [0.1, 0.15) is 0 Å². The van der Waals surface area contributed by atoms with Crippen molar-refractivity contribution in [3.63, 3.8) is 0 Å². The Kier molecular flexibility index (Phi) is 4.74. The number of hydrogen-bond donors (Lipinski definition) is 1. The summed E-state index contributed by atoms with van der Waals surface area (Å²) in [5.41, 5.74) is 1.30. The summed E-state index contributed by atoms with van der Waals surface area (Å²) in [6.45, 7) is 3.60. The van der Waals surface area contributed by atoms with Crippen molar-refractivity contribution in [3.8, 4) is 0 Å². The largest absolute Gasteiger partial charge is 0.388 e. The number of methoxy groups -OCH3 is 1. The van der Waals surface area contributed by atoms with Crippen LogP contribution in [0.4, 0.5) is 10.7 Å². The topological polar surface area (TPSA) is 75.8 Å². The Morgan fingerprint density at radius 2 is 2.40 bits per heavy atom. The monoisotopic (exact) mass is 298 g/mol. The molecule has 0 bridgehead atoms. The van der Waals surface area contributed by atoms with Gasteiger partial charge in [0.05, 0.1) is 17.6 Å². The molecule has 2 heterocycles. The third kappa shape index (κ3) is 3.17. The fraction of sp³-hybridized carbons (Fsp3) is 0.538. The summed E-state index contributed by atoms with van der Waals surface area (Å²) in [5, 5.41) is 21.4. The van der Waals surface area contributed by atoms with E-state index in [0.717, 1.165) is 13.0 Å². The molecule has 6 nitrogen and oxygen atoms in total. The number of anilines is 1. The lowest BCUT2D eigenvalue weighted by molar-refractivity contribution is -0.383. The van der Waals surface area contributed by atoms with E-state index in [4.69, 9.17) is 4.74 Å². The first-order valence-electron chi connectivity index (χ1n) is 6.41. The van der Waals surface area contributed by atoms with E-state index < -0.39 is 6.10 Å². The number of nitrogens with zero attached hydrogens (tertiary/aromatic N) is 2. The molecule has 7 heteroatoms. The second-order valence-corrected chi connectivity index (χ2v) is 5.83. The Labute approximate surface area is 121 Å². The van der Waals surface area contributed by atoms with Crippen LogP contribution in [0.25, 0.3) is 0 Å². The van der Waals surface area contributed by atoms with Gasteiger partial charge in [-0.3, -0.25) is 10.1 Å². The highest BCUT2D eigenvalue weighted by Gasteiger charge is 2.26. The minimum Gasteiger partial charge on any atom is -0.388 e. The summed E-state index contributed by atoms with van der Waals surface area (Å²) in [6, 6.07) is 1.47. The number of aliphatic hydroxyl groups excluding tert-OH is 1. The van der Waals surface area contributed by atoms with Crippen LogP contribution in [0.15, 0.2) is 17.7 Å². The van der Waals surface area contributed by atoms with Gasteiger partial charge in [0.2, 0.25) is 0 Å². The molecule has 1 aromatic rings. The lowest BCUT2D eigenvalue weighted by atomic mass is 10.1. The molecule has 0 spiro atoms. The molecule has 0 aliphatic carbocycles. The maximum absolute atomic E-state index is 11.1. The van der Waals surface area contributed by atoms with Gasteiger partial charge in [-0.05, 0) is 18.9 Å². The molecule has 1 aliphatic rings. The molecule has 1 aromatic heterocycles. The van der Waals surface area contributed by atoms with Crippen molar-refractivity contribution in [1.29, 1.82) is 0 Å². The fourth-order valence-electron chi connectivity index (χ4n) is 2.17. The van der Waals surface area contributed by atoms with Gasteiger partial charge in [0.25, 0.3) is 0 Å². The molecule has 110 valence electrons. The van der Waals surface area contributed by atoms with Crippen molar-refractivity contribution in [3.05, 3.63) is 32.7 Å². The van der Waals surface area contributed by atoms with Gasteiger partial charge >= 0.3 is 5.69 Å². The SMILES string of the molecule is COCC1=CCN(c2sc([C@H](C)O)cc2[N+](=O)[O-])CC1. The van der Waals surface area contributed by atoms with Crippen LogP contribution in [-0.4, -0.2) is 36.8 Å². The second-order valence-electron chi connectivity index (χ2n) is 4.76. The average Bonchev–Trinajstić information content (AvgIpc) is 2.85. The molecule has 1 aliphatic heterocycles. The maximum atomic E-state index is 11.1. The van der Waals surface area contributed by atoms with Crippen molar-refractivity contribution in [1.82, 2.24) is 0 Å². The summed E-state index contributed by atoms with van der Waals surface area (Å²) >= 11 is 1.29. The van der Waals surface area contributed by atoms with Gasteiger partial charge in [0.15, 0.2) is 5.00 Å². The number of rotatable bonds is 5. The van der Waals surface area contributed by atoms with Crippen LogP contribution >= 0.6 is 11.3 Å². The highest BCUT2D eigenvalue weighted by molar-refractivity contribution is 7.16. The minimum absolute atomic E-state index is 0.0782. The summed E-state index contributed by atoms with van der Waals surface area (Å²) < 4.78 is 5.09. The molecule has 2 rings (SSSR count). The van der Waals surface area contributed by atoms with Gasteiger partial charge in [0, 0.05) is 31.1 Å². The van der Waals surface area contributed by atoms with E-state index in [2.05, 4.69) is 6.08 Å². The van der Waals surface area contributed by atoms with Crippen molar-refractivity contribution >= 4 is 22.0 Å². The Hall–Kier alpha value is -1.44. The van der Waals surface area contributed by atoms with Crippen LogP contribution in [0.2, 0.25) is 0 Å². The Balaban J connectivity index is 2.22. The third-order valence-electron chi connectivity index (χ3n) is 3.24. The van der Waals surface area contributed by atoms with E-state index in [1.807, 2.05) is 4.90 Å². The lowest BCUT2D eigenvalue weighted by Gasteiger charge is -2.26. The van der Waals surface area contributed by atoms with Gasteiger partial charge in [-0.25, -0.2) is 0 Å². The normalized spacial score (nSPS) is 16.9. The third-order valence-corrected chi connectivity index (χ3v) is 4.60. The molecule has 0 radical (unpaired) electrons. The molecule has 0 amide bonds. The Morgan fingerprint density at radius 1 is 1.65 bits per heavy atom. The van der Waals surface area contributed by atoms with E-state index in [1.165, 1.54) is 23.0 Å². The Morgan fingerprint density at radius 3 is 2.90 bits per heavy atom. The predicted molar refractivity (Wildman–Crippen MR) is 78.4 cm³/mol. The molecular formula is C13H18N2O4S. The molecule has 0 fully saturated rings. The summed E-state index contributed by atoms with van der Waals surface area (Å²) in [4.78, 5) is 13.4. The van der Waals surface area contributed by atoms with Crippen LogP contribution in [0, 0.1) is 10.1 Å². The van der Waals surface area contributed by atoms with Gasteiger partial charge < -0.3 is 14.7 Å². The van der Waals surface area contributed by atoms with Crippen molar-refractivity contribution in [2.45, 2.75) is 19.4 Å². The summed E-state index contributed by atoms with van der Waals surface area (Å²) in [5.74, 6) is 0. The quantitative estimate of drug-likeness (QED) is 0.513. The van der Waals surface area contributed by atoms with Gasteiger partial charge in [-0.1, -0.05) is 6.08 Å². The Bertz CT molecular complexity index is 524. The van der Waals surface area contributed by atoms with Crippen molar-refractivity contribution < 1.29 is 14.8 Å². The first kappa shape index (κ1) is 15.0. The van der Waals surface area contributed by atoms with Crippen LogP contribution in [0.5, 0.6) is 0 Å². The smallest absolute Gasteiger partial charge is 0.304 e. The van der Waals surface area contributed by atoms with E-state index in [-0.39, 0.29) is 10.6 Å². The minimum atomic E-state index is -0.683. The van der Waals surface area contributed by atoms with Crippen LogP contribution in [0.1, 0.15) is 24.3 Å². The fourth-order valence-corrected chi connectivity index (χ4v) is 3.26. The average molecular weight is 298 g/mol. The number of nitro groups is 1. The molecule has 1 atom stereocenters. The highest BCUT2D eigenvalue weighted by atomic mass is 32.1. The first-order valence-corrected chi connectivity index (χ1v) is 7.22. The zero-order valence-corrected chi connectivity index (χ0v) is 12.4. The molecule has 20 heavy (non-hydrogen) atoms. The van der Waals surface area contributed by atoms with Crippen molar-refractivity contribution in [2.75, 3.05) is 31.7 Å². The molecule has 0 saturated carbocycles. The van der Waals surface area contributed by atoms with Crippen LogP contribution in [-0.2, 0) is 4.74 Å². The second kappa shape index (κ2) is 6.34.